The first kappa shape index (κ1) is 20.2. The Morgan fingerprint density at radius 2 is 1.61 bits per heavy atom. The molecule has 1 amide bonds. The van der Waals surface area contributed by atoms with E-state index in [0.29, 0.717) is 39.5 Å². The number of amides is 1. The molecule has 0 aliphatic heterocycles. The summed E-state index contributed by atoms with van der Waals surface area (Å²) < 4.78 is 16.4. The molecule has 0 saturated heterocycles. The van der Waals surface area contributed by atoms with Crippen LogP contribution >= 0.6 is 0 Å². The maximum absolute atomic E-state index is 12.7. The molecular formula is C25H21NO5. The molecule has 3 aromatic carbocycles. The maximum atomic E-state index is 12.7. The Labute approximate surface area is 179 Å². The quantitative estimate of drug-likeness (QED) is 0.494. The zero-order valence-corrected chi connectivity index (χ0v) is 17.4. The lowest BCUT2D eigenvalue weighted by Gasteiger charge is -2.10. The molecule has 1 heterocycles. The molecule has 156 valence electrons. The Morgan fingerprint density at radius 1 is 0.871 bits per heavy atom. The van der Waals surface area contributed by atoms with Gasteiger partial charge < -0.3 is 19.2 Å². The van der Waals surface area contributed by atoms with E-state index in [-0.39, 0.29) is 11.3 Å². The van der Waals surface area contributed by atoms with Crippen molar-refractivity contribution >= 4 is 22.6 Å². The van der Waals surface area contributed by atoms with Crippen LogP contribution in [-0.4, -0.2) is 20.1 Å². The van der Waals surface area contributed by atoms with Crippen LogP contribution in [0.2, 0.25) is 0 Å². The molecule has 0 radical (unpaired) electrons. The summed E-state index contributed by atoms with van der Waals surface area (Å²) in [4.78, 5) is 25.4. The van der Waals surface area contributed by atoms with Crippen molar-refractivity contribution in [2.45, 2.75) is 6.92 Å². The molecule has 31 heavy (non-hydrogen) atoms. The highest BCUT2D eigenvalue weighted by Crippen LogP contribution is 2.28. The largest absolute Gasteiger partial charge is 0.493 e. The second-order valence-electron chi connectivity index (χ2n) is 7.08. The number of aryl methyl sites for hydroxylation is 1. The third kappa shape index (κ3) is 4.14. The Bertz CT molecular complexity index is 1320. The molecule has 0 aliphatic rings. The van der Waals surface area contributed by atoms with Gasteiger partial charge in [-0.1, -0.05) is 29.8 Å². The van der Waals surface area contributed by atoms with Crippen molar-refractivity contribution in [3.8, 4) is 22.8 Å². The Morgan fingerprint density at radius 3 is 2.32 bits per heavy atom. The SMILES string of the molecule is COc1ccc(C(=O)Nc2ccc3oc(-c4ccc(C)cc4)cc(=O)c3c2)cc1OC. The van der Waals surface area contributed by atoms with Crippen molar-refractivity contribution in [3.05, 3.63) is 88.1 Å². The minimum absolute atomic E-state index is 0.181. The third-order valence-corrected chi connectivity index (χ3v) is 4.97. The van der Waals surface area contributed by atoms with E-state index in [1.165, 1.54) is 20.3 Å². The van der Waals surface area contributed by atoms with Crippen LogP contribution in [0.1, 0.15) is 15.9 Å². The minimum Gasteiger partial charge on any atom is -0.493 e. The van der Waals surface area contributed by atoms with E-state index in [1.807, 2.05) is 31.2 Å². The Balaban J connectivity index is 1.63. The monoisotopic (exact) mass is 415 g/mol. The van der Waals surface area contributed by atoms with Gasteiger partial charge in [-0.2, -0.15) is 0 Å². The number of anilines is 1. The number of carbonyl (C=O) groups is 1. The van der Waals surface area contributed by atoms with Crippen molar-refractivity contribution < 1.29 is 18.7 Å². The molecule has 0 atom stereocenters. The Hall–Kier alpha value is -4.06. The van der Waals surface area contributed by atoms with Crippen LogP contribution in [-0.2, 0) is 0 Å². The molecule has 1 aromatic heterocycles. The molecular weight excluding hydrogens is 394 g/mol. The fourth-order valence-corrected chi connectivity index (χ4v) is 3.27. The van der Waals surface area contributed by atoms with Gasteiger partial charge in [0.25, 0.3) is 5.91 Å². The van der Waals surface area contributed by atoms with Crippen LogP contribution < -0.4 is 20.2 Å². The summed E-state index contributed by atoms with van der Waals surface area (Å²) in [5.41, 5.74) is 3.12. The van der Waals surface area contributed by atoms with E-state index in [1.54, 1.807) is 36.4 Å². The summed E-state index contributed by atoms with van der Waals surface area (Å²) in [7, 11) is 3.04. The zero-order valence-electron chi connectivity index (χ0n) is 17.4. The molecule has 0 spiro atoms. The smallest absolute Gasteiger partial charge is 0.255 e. The minimum atomic E-state index is -0.332. The topological polar surface area (TPSA) is 77.8 Å². The number of benzene rings is 3. The fourth-order valence-electron chi connectivity index (χ4n) is 3.27. The first-order chi connectivity index (χ1) is 15.0. The average molecular weight is 415 g/mol. The summed E-state index contributed by atoms with van der Waals surface area (Å²) in [5.74, 6) is 1.16. The van der Waals surface area contributed by atoms with Gasteiger partial charge in [-0.15, -0.1) is 0 Å². The van der Waals surface area contributed by atoms with Gasteiger partial charge in [0.2, 0.25) is 0 Å². The van der Waals surface area contributed by atoms with Crippen molar-refractivity contribution in [2.75, 3.05) is 19.5 Å². The third-order valence-electron chi connectivity index (χ3n) is 4.97. The Kier molecular flexibility index (Phi) is 5.45. The van der Waals surface area contributed by atoms with E-state index in [9.17, 15) is 9.59 Å². The number of nitrogens with one attached hydrogen (secondary N) is 1. The summed E-state index contributed by atoms with van der Waals surface area (Å²) in [5, 5.41) is 3.19. The first-order valence-electron chi connectivity index (χ1n) is 9.67. The molecule has 6 nitrogen and oxygen atoms in total. The number of carbonyl (C=O) groups excluding carboxylic acids is 1. The van der Waals surface area contributed by atoms with Gasteiger partial charge in [0.05, 0.1) is 19.6 Å². The number of rotatable bonds is 5. The van der Waals surface area contributed by atoms with Gasteiger partial charge in [0.15, 0.2) is 16.9 Å². The van der Waals surface area contributed by atoms with Gasteiger partial charge in [0, 0.05) is 22.9 Å². The number of ether oxygens (including phenoxy) is 2. The molecule has 0 aliphatic carbocycles. The standard InChI is InChI=1S/C25H21NO5/c1-15-4-6-16(7-5-15)23-14-20(27)19-13-18(9-11-21(19)31-23)26-25(28)17-8-10-22(29-2)24(12-17)30-3/h4-14H,1-3H3,(H,26,28). The lowest BCUT2D eigenvalue weighted by molar-refractivity contribution is 0.102. The van der Waals surface area contributed by atoms with Gasteiger partial charge in [0.1, 0.15) is 11.3 Å². The summed E-state index contributed by atoms with van der Waals surface area (Å²) in [6.45, 7) is 2.00. The summed E-state index contributed by atoms with van der Waals surface area (Å²) >= 11 is 0. The normalized spacial score (nSPS) is 10.7. The number of hydrogen-bond donors (Lipinski definition) is 1. The number of fused-ring (bicyclic) bond motifs is 1. The highest BCUT2D eigenvalue weighted by molar-refractivity contribution is 6.05. The highest BCUT2D eigenvalue weighted by Gasteiger charge is 2.13. The van der Waals surface area contributed by atoms with Gasteiger partial charge in [-0.25, -0.2) is 0 Å². The van der Waals surface area contributed by atoms with E-state index in [0.717, 1.165) is 11.1 Å². The van der Waals surface area contributed by atoms with Crippen LogP contribution in [0, 0.1) is 6.92 Å². The van der Waals surface area contributed by atoms with Gasteiger partial charge in [-0.05, 0) is 43.3 Å². The van der Waals surface area contributed by atoms with E-state index in [2.05, 4.69) is 5.32 Å². The summed E-state index contributed by atoms with van der Waals surface area (Å²) in [6, 6.07) is 19.1. The molecule has 1 N–H and O–H groups in total. The lowest BCUT2D eigenvalue weighted by atomic mass is 10.1. The average Bonchev–Trinajstić information content (AvgIpc) is 2.79. The van der Waals surface area contributed by atoms with Crippen LogP contribution in [0.15, 0.2) is 75.9 Å². The lowest BCUT2D eigenvalue weighted by Crippen LogP contribution is -2.12. The molecule has 0 fully saturated rings. The predicted octanol–water partition coefficient (Wildman–Crippen LogP) is 5.04. The van der Waals surface area contributed by atoms with Gasteiger partial charge in [-0.3, -0.25) is 9.59 Å². The van der Waals surface area contributed by atoms with Crippen molar-refractivity contribution in [1.82, 2.24) is 0 Å². The fraction of sp³-hybridized carbons (Fsp3) is 0.120. The van der Waals surface area contributed by atoms with E-state index >= 15 is 0 Å². The molecule has 4 aromatic rings. The van der Waals surface area contributed by atoms with Crippen molar-refractivity contribution in [3.63, 3.8) is 0 Å². The molecule has 6 heteroatoms. The predicted molar refractivity (Wildman–Crippen MR) is 120 cm³/mol. The molecule has 0 unspecified atom stereocenters. The first-order valence-corrected chi connectivity index (χ1v) is 9.67. The van der Waals surface area contributed by atoms with Crippen molar-refractivity contribution in [1.29, 1.82) is 0 Å². The van der Waals surface area contributed by atoms with Gasteiger partial charge >= 0.3 is 0 Å². The number of methoxy groups -OCH3 is 2. The van der Waals surface area contributed by atoms with Crippen LogP contribution in [0.3, 0.4) is 0 Å². The van der Waals surface area contributed by atoms with E-state index in [4.69, 9.17) is 13.9 Å². The van der Waals surface area contributed by atoms with Crippen LogP contribution in [0.5, 0.6) is 11.5 Å². The van der Waals surface area contributed by atoms with E-state index < -0.39 is 0 Å². The number of hydrogen-bond acceptors (Lipinski definition) is 5. The zero-order chi connectivity index (χ0) is 22.0. The second kappa shape index (κ2) is 8.36. The maximum Gasteiger partial charge on any atom is 0.255 e. The van der Waals surface area contributed by atoms with Crippen LogP contribution in [0.4, 0.5) is 5.69 Å². The van der Waals surface area contributed by atoms with Crippen molar-refractivity contribution in [2.24, 2.45) is 0 Å². The van der Waals surface area contributed by atoms with Crippen LogP contribution in [0.25, 0.3) is 22.3 Å². The second-order valence-corrected chi connectivity index (χ2v) is 7.08. The molecule has 0 saturated carbocycles. The summed E-state index contributed by atoms with van der Waals surface area (Å²) in [6.07, 6.45) is 0. The highest BCUT2D eigenvalue weighted by atomic mass is 16.5. The molecule has 4 rings (SSSR count). The molecule has 0 bridgehead atoms.